The van der Waals surface area contributed by atoms with Gasteiger partial charge >= 0.3 is 5.97 Å². The summed E-state index contributed by atoms with van der Waals surface area (Å²) in [6.45, 7) is 15.8. The minimum Gasteiger partial charge on any atom is -0.478 e. The van der Waals surface area contributed by atoms with Crippen LogP contribution in [-0.2, 0) is 4.79 Å². The summed E-state index contributed by atoms with van der Waals surface area (Å²) in [4.78, 5) is 12.5. The van der Waals surface area contributed by atoms with E-state index in [1.807, 2.05) is 0 Å². The zero-order valence-electron chi connectivity index (χ0n) is 22.5. The van der Waals surface area contributed by atoms with Crippen molar-refractivity contribution in [3.05, 3.63) is 22.8 Å². The Morgan fingerprint density at radius 3 is 2.32 bits per heavy atom. The van der Waals surface area contributed by atoms with Crippen LogP contribution in [0.15, 0.2) is 22.8 Å². The fraction of sp³-hybridized carbons (Fsp3) is 0.833. The lowest BCUT2D eigenvalue weighted by molar-refractivity contribution is -0.233. The van der Waals surface area contributed by atoms with Gasteiger partial charge < -0.3 is 15.3 Å². The maximum absolute atomic E-state index is 12.5. The Balaban J connectivity index is 1.76. The molecule has 4 nitrogen and oxygen atoms in total. The third-order valence-electron chi connectivity index (χ3n) is 11.6. The first-order chi connectivity index (χ1) is 15.8. The molecule has 0 heterocycles. The second-order valence-electron chi connectivity index (χ2n) is 13.4. The molecule has 4 aliphatic rings. The predicted molar refractivity (Wildman–Crippen MR) is 136 cm³/mol. The Bertz CT molecular complexity index is 884. The number of aliphatic carboxylic acids is 1. The molecule has 0 bridgehead atoms. The van der Waals surface area contributed by atoms with E-state index in [-0.39, 0.29) is 46.0 Å². The highest BCUT2D eigenvalue weighted by Gasteiger charge is 2.69. The Morgan fingerprint density at radius 1 is 1.03 bits per heavy atom. The number of aliphatic hydroxyl groups excluding tert-OH is 2. The van der Waals surface area contributed by atoms with Gasteiger partial charge in [0.2, 0.25) is 0 Å². The van der Waals surface area contributed by atoms with E-state index in [0.29, 0.717) is 24.3 Å². The molecule has 4 rings (SSSR count). The van der Waals surface area contributed by atoms with Gasteiger partial charge in [-0.25, -0.2) is 4.79 Å². The molecule has 1 unspecified atom stereocenters. The molecule has 0 saturated heterocycles. The average molecular weight is 473 g/mol. The largest absolute Gasteiger partial charge is 0.478 e. The van der Waals surface area contributed by atoms with Gasteiger partial charge in [0.1, 0.15) is 0 Å². The summed E-state index contributed by atoms with van der Waals surface area (Å²) in [6, 6.07) is 0. The topological polar surface area (TPSA) is 77.8 Å². The highest BCUT2D eigenvalue weighted by atomic mass is 16.4. The number of hydrogen-bond donors (Lipinski definition) is 3. The van der Waals surface area contributed by atoms with Gasteiger partial charge in [0.05, 0.1) is 12.2 Å². The molecule has 0 aromatic carbocycles. The molecule has 4 fully saturated rings. The molecule has 3 N–H and O–H groups in total. The summed E-state index contributed by atoms with van der Waals surface area (Å²) in [5.74, 6) is 0.488. The summed E-state index contributed by atoms with van der Waals surface area (Å²) in [5.41, 5.74) is 2.91. The second-order valence-corrected chi connectivity index (χ2v) is 13.4. The van der Waals surface area contributed by atoms with E-state index in [1.54, 1.807) is 0 Å². The van der Waals surface area contributed by atoms with Crippen LogP contribution in [0.5, 0.6) is 0 Å². The van der Waals surface area contributed by atoms with Crippen LogP contribution in [0, 0.1) is 45.8 Å². The maximum atomic E-state index is 12.5. The molecular weight excluding hydrogens is 424 g/mol. The highest BCUT2D eigenvalue weighted by Crippen LogP contribution is 2.74. The first-order valence-electron chi connectivity index (χ1n) is 13.7. The Morgan fingerprint density at radius 2 is 1.71 bits per heavy atom. The normalized spacial score (nSPS) is 49.5. The lowest BCUT2D eigenvalue weighted by atomic mass is 9.36. The summed E-state index contributed by atoms with van der Waals surface area (Å²) < 4.78 is 0. The van der Waals surface area contributed by atoms with Gasteiger partial charge in [-0.15, -0.1) is 0 Å². The molecule has 10 atom stereocenters. The minimum absolute atomic E-state index is 0.0177. The number of rotatable bonds is 4. The molecule has 0 aromatic heterocycles. The van der Waals surface area contributed by atoms with Crippen LogP contribution in [-0.4, -0.2) is 33.5 Å². The van der Waals surface area contributed by atoms with E-state index in [2.05, 4.69) is 54.5 Å². The second kappa shape index (κ2) is 8.76. The maximum Gasteiger partial charge on any atom is 0.331 e. The smallest absolute Gasteiger partial charge is 0.331 e. The van der Waals surface area contributed by atoms with Gasteiger partial charge in [0.15, 0.2) is 0 Å². The lowest BCUT2D eigenvalue weighted by Gasteiger charge is -2.69. The van der Waals surface area contributed by atoms with Crippen molar-refractivity contribution in [2.24, 2.45) is 45.8 Å². The minimum atomic E-state index is -0.777. The van der Waals surface area contributed by atoms with Crippen molar-refractivity contribution in [1.29, 1.82) is 0 Å². The fourth-order valence-corrected chi connectivity index (χ4v) is 9.96. The monoisotopic (exact) mass is 472 g/mol. The molecular formula is C30H48O4. The summed E-state index contributed by atoms with van der Waals surface area (Å²) in [5, 5.41) is 32.7. The SMILES string of the molecule is CC(C)=CCC/C(C(=O)O)=C1/C(C)C[C@@]2(C)[C@H]1C[C@@H](O)[C@H]1[C@@]3(C)CC[C@@H](O)[C@@H](C)[C@@H]3CC[C@@]12C. The van der Waals surface area contributed by atoms with Gasteiger partial charge in [0, 0.05) is 5.57 Å². The van der Waals surface area contributed by atoms with Crippen LogP contribution < -0.4 is 0 Å². The number of fused-ring (bicyclic) bond motifs is 5. The van der Waals surface area contributed by atoms with Gasteiger partial charge in [-0.3, -0.25) is 0 Å². The summed E-state index contributed by atoms with van der Waals surface area (Å²) in [6.07, 6.45) is 8.43. The molecule has 0 amide bonds. The molecule has 0 spiro atoms. The molecule has 0 aromatic rings. The van der Waals surface area contributed by atoms with E-state index in [9.17, 15) is 20.1 Å². The van der Waals surface area contributed by atoms with Crippen molar-refractivity contribution in [2.45, 2.75) is 112 Å². The summed E-state index contributed by atoms with van der Waals surface area (Å²) in [7, 11) is 0. The quantitative estimate of drug-likeness (QED) is 0.328. The summed E-state index contributed by atoms with van der Waals surface area (Å²) >= 11 is 0. The molecule has 0 radical (unpaired) electrons. The van der Waals surface area contributed by atoms with Gasteiger partial charge in [-0.1, -0.05) is 51.8 Å². The number of carboxylic acids is 1. The standard InChI is InChI=1S/C30H48O4/c1-17(2)9-8-10-20(27(33)34)25-18(3)16-30(7)22(25)15-24(32)26-28(5)13-12-23(31)19(4)21(28)11-14-29(26,30)6/h9,18-19,21-24,26,31-32H,8,10-16H2,1-7H3,(H,33,34)/b25-20+/t18?,19-,21-,22-,23+,24+,26-,28-,29-,30-/m0/s1. The van der Waals surface area contributed by atoms with Crippen LogP contribution in [0.1, 0.15) is 99.8 Å². The van der Waals surface area contributed by atoms with Crippen molar-refractivity contribution in [2.75, 3.05) is 0 Å². The van der Waals surface area contributed by atoms with Gasteiger partial charge in [0.25, 0.3) is 0 Å². The highest BCUT2D eigenvalue weighted by molar-refractivity contribution is 5.88. The first kappa shape index (κ1) is 25.9. The number of carboxylic acid groups (broad SMARTS) is 1. The number of aliphatic hydroxyl groups is 2. The zero-order chi connectivity index (χ0) is 25.2. The van der Waals surface area contributed by atoms with Crippen molar-refractivity contribution >= 4 is 5.97 Å². The van der Waals surface area contributed by atoms with Crippen LogP contribution in [0.25, 0.3) is 0 Å². The predicted octanol–water partition coefficient (Wildman–Crippen LogP) is 6.37. The van der Waals surface area contributed by atoms with E-state index in [4.69, 9.17) is 0 Å². The number of carbonyl (C=O) groups is 1. The van der Waals surface area contributed by atoms with Gasteiger partial charge in [-0.2, -0.15) is 0 Å². The average Bonchev–Trinajstić information content (AvgIpc) is 2.99. The molecule has 4 aliphatic carbocycles. The Labute approximate surface area is 206 Å². The van der Waals surface area contributed by atoms with E-state index in [1.165, 1.54) is 5.57 Å². The van der Waals surface area contributed by atoms with Crippen LogP contribution >= 0.6 is 0 Å². The number of allylic oxidation sites excluding steroid dienone is 3. The molecule has 4 saturated carbocycles. The van der Waals surface area contributed by atoms with Crippen LogP contribution in [0.3, 0.4) is 0 Å². The van der Waals surface area contributed by atoms with Crippen molar-refractivity contribution < 1.29 is 20.1 Å². The zero-order valence-corrected chi connectivity index (χ0v) is 22.5. The van der Waals surface area contributed by atoms with Crippen molar-refractivity contribution in [3.63, 3.8) is 0 Å². The van der Waals surface area contributed by atoms with Crippen LogP contribution in [0.2, 0.25) is 0 Å². The first-order valence-corrected chi connectivity index (χ1v) is 13.7. The van der Waals surface area contributed by atoms with Crippen LogP contribution in [0.4, 0.5) is 0 Å². The fourth-order valence-electron chi connectivity index (χ4n) is 9.96. The van der Waals surface area contributed by atoms with E-state index >= 15 is 0 Å². The van der Waals surface area contributed by atoms with Gasteiger partial charge in [-0.05, 0) is 111 Å². The third kappa shape index (κ3) is 3.65. The van der Waals surface area contributed by atoms with E-state index < -0.39 is 12.1 Å². The van der Waals surface area contributed by atoms with E-state index in [0.717, 1.165) is 44.1 Å². The van der Waals surface area contributed by atoms with Crippen molar-refractivity contribution in [1.82, 2.24) is 0 Å². The molecule has 4 heteroatoms. The Kier molecular flexibility index (Phi) is 6.69. The molecule has 192 valence electrons. The molecule has 34 heavy (non-hydrogen) atoms. The Hall–Kier alpha value is -1.13. The molecule has 0 aliphatic heterocycles. The third-order valence-corrected chi connectivity index (χ3v) is 11.6. The number of hydrogen-bond acceptors (Lipinski definition) is 3. The lowest BCUT2D eigenvalue weighted by Crippen LogP contribution is -2.65. The van der Waals surface area contributed by atoms with Crippen molar-refractivity contribution in [3.8, 4) is 0 Å².